The van der Waals surface area contributed by atoms with Gasteiger partial charge in [-0.2, -0.15) is 35.0 Å². The molecule has 6 aromatic rings. The molecule has 0 heterocycles. The first kappa shape index (κ1) is 34.2. The van der Waals surface area contributed by atoms with E-state index in [1.165, 1.54) is 27.1 Å². The van der Waals surface area contributed by atoms with Gasteiger partial charge in [0.2, 0.25) is 0 Å². The van der Waals surface area contributed by atoms with Crippen LogP contribution >= 0.6 is 0 Å². The fraction of sp³-hybridized carbons (Fsp3) is 0. The van der Waals surface area contributed by atoms with Crippen molar-refractivity contribution in [1.29, 1.82) is 0 Å². The Morgan fingerprint density at radius 1 is 0.595 bits per heavy atom. The Morgan fingerprint density at radius 3 is 1.57 bits per heavy atom. The smallest absolute Gasteiger partial charge is 0.168 e. The molecular weight excluding hydrogens is 653 g/mol. The van der Waals surface area contributed by atoms with Gasteiger partial charge in [-0.3, -0.25) is 0 Å². The van der Waals surface area contributed by atoms with Gasteiger partial charge in [0.25, 0.3) is 0 Å². The number of fused-ring (bicyclic) bond motifs is 2. The monoisotopic (exact) mass is 682 g/mol. The van der Waals surface area contributed by atoms with Crippen molar-refractivity contribution in [3.05, 3.63) is 175 Å². The zero-order chi connectivity index (χ0) is 28.8. The van der Waals surface area contributed by atoms with Gasteiger partial charge in [0.05, 0.1) is 0 Å². The van der Waals surface area contributed by atoms with Crippen molar-refractivity contribution in [2.75, 3.05) is 0 Å². The molecule has 6 aromatic carbocycles. The molecule has 4 nitrogen and oxygen atoms in total. The van der Waals surface area contributed by atoms with Crippen LogP contribution in [0.25, 0.3) is 27.6 Å². The number of carbonyl (C=O) groups is 2. The van der Waals surface area contributed by atoms with E-state index >= 15 is 0 Å². The minimum atomic E-state index is -0.953. The Bertz CT molecular complexity index is 1430. The van der Waals surface area contributed by atoms with Crippen LogP contribution in [0.15, 0.2) is 158 Å². The van der Waals surface area contributed by atoms with Crippen molar-refractivity contribution in [3.8, 4) is 0 Å². The Kier molecular flexibility index (Phi) is 17.7. The van der Waals surface area contributed by atoms with Gasteiger partial charge in [0.1, 0.15) is 0 Å². The van der Waals surface area contributed by atoms with E-state index in [1.807, 2.05) is 60.7 Å². The summed E-state index contributed by atoms with van der Waals surface area (Å²) in [5, 5.41) is 5.32. The summed E-state index contributed by atoms with van der Waals surface area (Å²) in [5.74, 6) is 0. The molecule has 0 aliphatic carbocycles. The van der Waals surface area contributed by atoms with Gasteiger partial charge in [-0.05, 0) is 5.56 Å². The molecule has 204 valence electrons. The standard InChI is InChI=1S/C16H13.2C9H7.2CH3NO.Ga.Zr/c1-3-9-15(10-4-1)13-7-8-14-16-11-5-2-6-12-16;2*1-2-5-9-7-3-6-8(9)4-1;2*2-1-3;;/h1-13H;2*1-7H;2*1H,(H2,2,3);;/q3*-1;;;+2;+3/p-2. The van der Waals surface area contributed by atoms with E-state index in [-0.39, 0.29) is 26.2 Å². The number of hydrogen-bond acceptors (Lipinski definition) is 2. The molecule has 6 heteroatoms. The third-order valence-electron chi connectivity index (χ3n) is 5.61. The van der Waals surface area contributed by atoms with Gasteiger partial charge in [0, 0.05) is 0 Å². The van der Waals surface area contributed by atoms with E-state index in [9.17, 15) is 9.59 Å². The Hall–Kier alpha value is -3.96. The maximum atomic E-state index is 9.45. The molecule has 0 aliphatic rings. The normalized spacial score (nSPS) is 9.71. The summed E-state index contributed by atoms with van der Waals surface area (Å²) in [6, 6.07) is 49.7. The topological polar surface area (TPSA) is 58.2 Å². The van der Waals surface area contributed by atoms with Crippen molar-refractivity contribution in [2.45, 2.75) is 0 Å². The second-order valence-corrected chi connectivity index (χ2v) is 10.5. The maximum Gasteiger partial charge on any atom is 3.00 e. The van der Waals surface area contributed by atoms with Crippen molar-refractivity contribution < 1.29 is 35.8 Å². The molecule has 0 saturated carbocycles. The quantitative estimate of drug-likeness (QED) is 0.0613. The van der Waals surface area contributed by atoms with Crippen molar-refractivity contribution in [2.24, 2.45) is 0 Å². The molecule has 0 bridgehead atoms. The number of benzene rings is 4. The zero-order valence-electron chi connectivity index (χ0n) is 23.1. The van der Waals surface area contributed by atoms with E-state index in [0.29, 0.717) is 12.8 Å². The Balaban J connectivity index is 0.000000205. The predicted octanol–water partition coefficient (Wildman–Crippen LogP) is 7.23. The fourth-order valence-corrected chi connectivity index (χ4v) is 4.15. The van der Waals surface area contributed by atoms with E-state index < -0.39 is 17.9 Å². The minimum Gasteiger partial charge on any atom is -0.168 e. The summed E-state index contributed by atoms with van der Waals surface area (Å²) < 4.78 is 4.76. The Morgan fingerprint density at radius 2 is 1.07 bits per heavy atom. The summed E-state index contributed by atoms with van der Waals surface area (Å²) in [4.78, 5) is 18.9. The van der Waals surface area contributed by atoms with E-state index in [0.717, 1.165) is 5.56 Å². The molecule has 0 fully saturated rings. The van der Waals surface area contributed by atoms with Crippen LogP contribution in [0.4, 0.5) is 0 Å². The average Bonchev–Trinajstić information content (AvgIpc) is 3.72. The Labute approximate surface area is 275 Å². The van der Waals surface area contributed by atoms with Gasteiger partial charge in [0.15, 0.2) is 0 Å². The third kappa shape index (κ3) is 13.6. The van der Waals surface area contributed by atoms with Gasteiger partial charge >= 0.3 is 74.6 Å². The second-order valence-electron chi connectivity index (χ2n) is 8.47. The molecule has 0 atom stereocenters. The number of carbonyl (C=O) groups excluding carboxylic acids is 2. The van der Waals surface area contributed by atoms with Gasteiger partial charge in [-0.15, -0.1) is 107 Å². The van der Waals surface area contributed by atoms with Crippen LogP contribution in [0.3, 0.4) is 0 Å². The van der Waals surface area contributed by atoms with Crippen LogP contribution in [0, 0.1) is 6.08 Å². The van der Waals surface area contributed by atoms with Crippen molar-refractivity contribution >= 4 is 58.3 Å². The molecular formula is C36H31GaN2O2Zr. The molecule has 0 aromatic heterocycles. The van der Waals surface area contributed by atoms with Gasteiger partial charge < -0.3 is 0 Å². The number of allylic oxidation sites excluding steroid dienone is 2. The molecule has 0 unspecified atom stereocenters. The van der Waals surface area contributed by atoms with E-state index in [4.69, 9.17) is 0 Å². The number of rotatable bonds is 7. The SMILES string of the molecule is O=C[NH][Ga][NH]C=O.[C-](=CC=Cc1ccccc1)c1ccccc1.[Zr+3].c1ccc2[cH-]ccc2c1.c1ccc2[cH-]ccc2c1. The largest absolute Gasteiger partial charge is 3.00 e. The molecule has 0 aliphatic heterocycles. The molecule has 42 heavy (non-hydrogen) atoms. The van der Waals surface area contributed by atoms with Gasteiger partial charge in [-0.1, -0.05) is 54.6 Å². The summed E-state index contributed by atoms with van der Waals surface area (Å²) in [7, 11) is 0. The summed E-state index contributed by atoms with van der Waals surface area (Å²) in [5.41, 5.74) is 2.30. The second kappa shape index (κ2) is 21.7. The molecule has 2 radical (unpaired) electrons. The van der Waals surface area contributed by atoms with E-state index in [2.05, 4.69) is 117 Å². The molecule has 6 rings (SSSR count). The number of hydrogen-bond donors (Lipinski definition) is 2. The van der Waals surface area contributed by atoms with Crippen molar-refractivity contribution in [3.63, 3.8) is 0 Å². The van der Waals surface area contributed by atoms with Crippen LogP contribution in [-0.4, -0.2) is 30.7 Å². The first-order chi connectivity index (χ1) is 20.3. The summed E-state index contributed by atoms with van der Waals surface area (Å²) in [6.45, 7) is 0. The number of nitrogens with one attached hydrogen (secondary N) is 2. The van der Waals surface area contributed by atoms with Crippen LogP contribution in [0.1, 0.15) is 11.1 Å². The first-order valence-corrected chi connectivity index (χ1v) is 15.5. The van der Waals surface area contributed by atoms with Crippen LogP contribution in [0.2, 0.25) is 0 Å². The van der Waals surface area contributed by atoms with Crippen LogP contribution in [0.5, 0.6) is 0 Å². The summed E-state index contributed by atoms with van der Waals surface area (Å²) >= 11 is -0.953. The molecule has 2 N–H and O–H groups in total. The predicted molar refractivity (Wildman–Crippen MR) is 172 cm³/mol. The molecule has 0 spiro atoms. The molecule has 2 amide bonds. The van der Waals surface area contributed by atoms with Crippen LogP contribution in [-0.2, 0) is 35.8 Å². The minimum absolute atomic E-state index is 0. The molecule has 0 saturated heterocycles. The van der Waals surface area contributed by atoms with Crippen molar-refractivity contribution in [1.82, 2.24) is 8.05 Å². The average molecular weight is 685 g/mol. The zero-order valence-corrected chi connectivity index (χ0v) is 28.0. The summed E-state index contributed by atoms with van der Waals surface area (Å²) in [6.07, 6.45) is 10.4. The fourth-order valence-electron chi connectivity index (χ4n) is 3.66. The van der Waals surface area contributed by atoms with E-state index in [1.54, 1.807) is 0 Å². The maximum absolute atomic E-state index is 9.45. The first-order valence-electron chi connectivity index (χ1n) is 13.1. The third-order valence-corrected chi connectivity index (χ3v) is 6.88. The van der Waals surface area contributed by atoms with Crippen LogP contribution < -0.4 is 8.05 Å². The number of amides is 2. The van der Waals surface area contributed by atoms with Gasteiger partial charge in [-0.25, -0.2) is 0 Å².